The summed E-state index contributed by atoms with van der Waals surface area (Å²) in [7, 11) is 1.62. The number of hydrogen-bond donors (Lipinski definition) is 1. The average Bonchev–Trinajstić information content (AvgIpc) is 3.11. The minimum absolute atomic E-state index is 0.143. The first-order valence-electron chi connectivity index (χ1n) is 10.5. The predicted molar refractivity (Wildman–Crippen MR) is 121 cm³/mol. The van der Waals surface area contributed by atoms with Crippen LogP contribution in [0.5, 0.6) is 5.75 Å². The molecule has 0 saturated carbocycles. The number of hydrogen-bond acceptors (Lipinski definition) is 4. The van der Waals surface area contributed by atoms with Gasteiger partial charge < -0.3 is 14.6 Å². The van der Waals surface area contributed by atoms with Gasteiger partial charge in [-0.05, 0) is 25.5 Å². The van der Waals surface area contributed by atoms with Crippen molar-refractivity contribution < 1.29 is 9.53 Å². The van der Waals surface area contributed by atoms with Gasteiger partial charge in [0, 0.05) is 29.9 Å². The zero-order chi connectivity index (χ0) is 22.0. The zero-order valence-corrected chi connectivity index (χ0v) is 18.0. The molecular formula is C24H26N4O3. The first-order chi connectivity index (χ1) is 15.1. The fraction of sp³-hybridized carbons (Fsp3) is 0.292. The monoisotopic (exact) mass is 418 g/mol. The molecule has 4 aromatic rings. The van der Waals surface area contributed by atoms with E-state index in [0.29, 0.717) is 25.1 Å². The summed E-state index contributed by atoms with van der Waals surface area (Å²) in [5.74, 6) is 0.616. The van der Waals surface area contributed by atoms with Crippen LogP contribution in [0.1, 0.15) is 31.9 Å². The van der Waals surface area contributed by atoms with Crippen molar-refractivity contribution in [1.29, 1.82) is 0 Å². The number of rotatable bonds is 7. The fourth-order valence-electron chi connectivity index (χ4n) is 4.04. The van der Waals surface area contributed by atoms with E-state index in [2.05, 4.69) is 10.4 Å². The largest absolute Gasteiger partial charge is 0.494 e. The Morgan fingerprint density at radius 3 is 2.61 bits per heavy atom. The number of aromatic nitrogens is 3. The molecule has 0 aliphatic rings. The smallest absolute Gasteiger partial charge is 0.291 e. The highest BCUT2D eigenvalue weighted by Crippen LogP contribution is 2.31. The van der Waals surface area contributed by atoms with Crippen molar-refractivity contribution in [3.8, 4) is 5.75 Å². The van der Waals surface area contributed by atoms with Crippen LogP contribution in [-0.2, 0) is 18.4 Å². The maximum atomic E-state index is 13.3. The van der Waals surface area contributed by atoms with Gasteiger partial charge in [-0.2, -0.15) is 5.10 Å². The van der Waals surface area contributed by atoms with E-state index in [1.54, 1.807) is 13.2 Å². The quantitative estimate of drug-likeness (QED) is 0.498. The standard InChI is InChI=1S/C24H26N4O3/c1-4-19(23(29)25-14-16-10-6-9-13-21(16)31-5-2)28-20-12-8-7-11-17(20)18-15-26-27(3)24(30)22(18)28/h6-13,15,19H,4-5,14H2,1-3H3,(H,25,29). The molecule has 160 valence electrons. The van der Waals surface area contributed by atoms with Crippen molar-refractivity contribution in [2.45, 2.75) is 32.9 Å². The zero-order valence-electron chi connectivity index (χ0n) is 18.0. The molecule has 2 heterocycles. The number of nitrogens with zero attached hydrogens (tertiary/aromatic N) is 3. The van der Waals surface area contributed by atoms with E-state index in [0.717, 1.165) is 27.6 Å². The van der Waals surface area contributed by atoms with Crippen molar-refractivity contribution in [3.05, 3.63) is 70.6 Å². The predicted octanol–water partition coefficient (Wildman–Crippen LogP) is 3.55. The van der Waals surface area contributed by atoms with Crippen LogP contribution in [0.2, 0.25) is 0 Å². The molecule has 0 spiro atoms. The van der Waals surface area contributed by atoms with Crippen LogP contribution < -0.4 is 15.6 Å². The second-order valence-electron chi connectivity index (χ2n) is 7.41. The Hall–Kier alpha value is -3.61. The molecule has 2 aromatic carbocycles. The van der Waals surface area contributed by atoms with E-state index < -0.39 is 6.04 Å². The van der Waals surface area contributed by atoms with Crippen molar-refractivity contribution in [1.82, 2.24) is 19.7 Å². The molecule has 7 heteroatoms. The summed E-state index contributed by atoms with van der Waals surface area (Å²) in [6, 6.07) is 14.9. The molecule has 1 amide bonds. The Bertz CT molecular complexity index is 1310. The SMILES string of the molecule is CCOc1ccccc1CNC(=O)C(CC)n1c2ccccc2c2cnn(C)c(=O)c21. The average molecular weight is 418 g/mol. The number of amides is 1. The number of benzene rings is 2. The third kappa shape index (κ3) is 3.67. The maximum absolute atomic E-state index is 13.3. The van der Waals surface area contributed by atoms with Gasteiger partial charge in [0.05, 0.1) is 18.3 Å². The number of nitrogens with one attached hydrogen (secondary N) is 1. The molecule has 0 saturated heterocycles. The van der Waals surface area contributed by atoms with E-state index in [-0.39, 0.29) is 11.5 Å². The van der Waals surface area contributed by atoms with Gasteiger partial charge in [-0.25, -0.2) is 4.68 Å². The molecule has 1 N–H and O–H groups in total. The number of fused-ring (bicyclic) bond motifs is 3. The van der Waals surface area contributed by atoms with Crippen LogP contribution in [-0.4, -0.2) is 26.9 Å². The van der Waals surface area contributed by atoms with Crippen LogP contribution in [0, 0.1) is 0 Å². The van der Waals surface area contributed by atoms with Gasteiger partial charge in [-0.1, -0.05) is 43.3 Å². The number of ether oxygens (including phenoxy) is 1. The molecule has 0 radical (unpaired) electrons. The Labute approximate surface area is 180 Å². The van der Waals surface area contributed by atoms with E-state index in [1.807, 2.05) is 66.9 Å². The van der Waals surface area contributed by atoms with Crippen LogP contribution in [0.15, 0.2) is 59.5 Å². The van der Waals surface area contributed by atoms with Gasteiger partial charge in [0.15, 0.2) is 0 Å². The van der Waals surface area contributed by atoms with E-state index >= 15 is 0 Å². The molecule has 0 aliphatic heterocycles. The molecule has 0 bridgehead atoms. The first kappa shape index (κ1) is 20.7. The maximum Gasteiger partial charge on any atom is 0.291 e. The summed E-state index contributed by atoms with van der Waals surface area (Å²) >= 11 is 0. The second-order valence-corrected chi connectivity index (χ2v) is 7.41. The van der Waals surface area contributed by atoms with Gasteiger partial charge in [0.25, 0.3) is 5.56 Å². The number of carbonyl (C=O) groups is 1. The summed E-state index contributed by atoms with van der Waals surface area (Å²) in [4.78, 5) is 26.3. The molecule has 0 aliphatic carbocycles. The highest BCUT2D eigenvalue weighted by Gasteiger charge is 2.25. The molecular weight excluding hydrogens is 392 g/mol. The van der Waals surface area contributed by atoms with Gasteiger partial charge in [0.2, 0.25) is 5.91 Å². The Kier molecular flexibility index (Phi) is 5.75. The summed E-state index contributed by atoms with van der Waals surface area (Å²) in [6.45, 7) is 4.79. The lowest BCUT2D eigenvalue weighted by molar-refractivity contribution is -0.124. The van der Waals surface area contributed by atoms with Crippen molar-refractivity contribution >= 4 is 27.7 Å². The van der Waals surface area contributed by atoms with Gasteiger partial charge in [-0.3, -0.25) is 9.59 Å². The van der Waals surface area contributed by atoms with Crippen LogP contribution in [0.3, 0.4) is 0 Å². The summed E-state index contributed by atoms with van der Waals surface area (Å²) < 4.78 is 8.83. The number of carbonyl (C=O) groups excluding carboxylic acids is 1. The van der Waals surface area contributed by atoms with Crippen molar-refractivity contribution in [2.75, 3.05) is 6.61 Å². The Morgan fingerprint density at radius 1 is 1.10 bits per heavy atom. The Morgan fingerprint density at radius 2 is 1.84 bits per heavy atom. The van der Waals surface area contributed by atoms with Crippen molar-refractivity contribution in [3.63, 3.8) is 0 Å². The summed E-state index contributed by atoms with van der Waals surface area (Å²) in [6.07, 6.45) is 2.23. The first-order valence-corrected chi connectivity index (χ1v) is 10.5. The van der Waals surface area contributed by atoms with E-state index in [9.17, 15) is 9.59 Å². The lowest BCUT2D eigenvalue weighted by Gasteiger charge is -2.20. The summed E-state index contributed by atoms with van der Waals surface area (Å²) in [5.41, 5.74) is 2.03. The van der Waals surface area contributed by atoms with Crippen LogP contribution in [0.4, 0.5) is 0 Å². The van der Waals surface area contributed by atoms with Gasteiger partial charge in [0.1, 0.15) is 17.3 Å². The van der Waals surface area contributed by atoms with E-state index in [1.165, 1.54) is 4.68 Å². The molecule has 1 unspecified atom stereocenters. The third-order valence-corrected chi connectivity index (χ3v) is 5.53. The fourth-order valence-corrected chi connectivity index (χ4v) is 4.04. The molecule has 7 nitrogen and oxygen atoms in total. The number of aryl methyl sites for hydroxylation is 1. The Balaban J connectivity index is 1.75. The second kappa shape index (κ2) is 8.63. The minimum atomic E-state index is -0.531. The van der Waals surface area contributed by atoms with E-state index in [4.69, 9.17) is 4.74 Å². The molecule has 0 fully saturated rings. The highest BCUT2D eigenvalue weighted by atomic mass is 16.5. The molecule has 4 rings (SSSR count). The molecule has 31 heavy (non-hydrogen) atoms. The normalized spacial score (nSPS) is 12.2. The minimum Gasteiger partial charge on any atom is -0.494 e. The molecule has 1 atom stereocenters. The number of para-hydroxylation sites is 2. The topological polar surface area (TPSA) is 78.2 Å². The lowest BCUT2D eigenvalue weighted by Crippen LogP contribution is -2.33. The van der Waals surface area contributed by atoms with Crippen LogP contribution >= 0.6 is 0 Å². The molecule has 2 aromatic heterocycles. The van der Waals surface area contributed by atoms with Gasteiger partial charge in [-0.15, -0.1) is 0 Å². The van der Waals surface area contributed by atoms with Crippen molar-refractivity contribution in [2.24, 2.45) is 7.05 Å². The summed E-state index contributed by atoms with van der Waals surface area (Å²) in [5, 5.41) is 8.88. The van der Waals surface area contributed by atoms with Crippen LogP contribution in [0.25, 0.3) is 21.8 Å². The lowest BCUT2D eigenvalue weighted by atomic mass is 10.1. The highest BCUT2D eigenvalue weighted by molar-refractivity contribution is 6.08. The third-order valence-electron chi connectivity index (χ3n) is 5.53. The van der Waals surface area contributed by atoms with Gasteiger partial charge >= 0.3 is 0 Å².